The van der Waals surface area contributed by atoms with E-state index >= 15 is 0 Å². The first-order chi connectivity index (χ1) is 12.1. The van der Waals surface area contributed by atoms with E-state index in [0.29, 0.717) is 18.5 Å². The summed E-state index contributed by atoms with van der Waals surface area (Å²) in [5.74, 6) is -1.05. The highest BCUT2D eigenvalue weighted by Crippen LogP contribution is 2.34. The molecule has 0 N–H and O–H groups in total. The zero-order valence-electron chi connectivity index (χ0n) is 15.4. The topological polar surface area (TPSA) is 54.5 Å². The van der Waals surface area contributed by atoms with Gasteiger partial charge in [0.05, 0.1) is 11.6 Å². The molecule has 2 amide bonds. The summed E-state index contributed by atoms with van der Waals surface area (Å²) < 4.78 is 0. The van der Waals surface area contributed by atoms with Crippen LogP contribution in [0.25, 0.3) is 0 Å². The van der Waals surface area contributed by atoms with Gasteiger partial charge in [0.1, 0.15) is 5.78 Å². The van der Waals surface area contributed by atoms with Gasteiger partial charge in [-0.05, 0) is 25.0 Å². The van der Waals surface area contributed by atoms with Gasteiger partial charge >= 0.3 is 0 Å². The average molecular weight is 343 g/mol. The molecule has 0 aromatic heterocycles. The zero-order chi connectivity index (χ0) is 18.2. The van der Waals surface area contributed by atoms with Crippen LogP contribution in [0.4, 0.5) is 5.69 Å². The summed E-state index contributed by atoms with van der Waals surface area (Å²) in [6, 6.07) is 9.01. The molecule has 0 bridgehead atoms. The van der Waals surface area contributed by atoms with Gasteiger partial charge < -0.3 is 0 Å². The Hall–Kier alpha value is -1.97. The Balaban J connectivity index is 2.15. The summed E-state index contributed by atoms with van der Waals surface area (Å²) in [4.78, 5) is 39.3. The van der Waals surface area contributed by atoms with Crippen molar-refractivity contribution >= 4 is 23.3 Å². The number of nitrogens with zero attached hydrogens (tertiary/aromatic N) is 1. The quantitative estimate of drug-likeness (QED) is 0.463. The van der Waals surface area contributed by atoms with Gasteiger partial charge in [-0.15, -0.1) is 0 Å². The molecule has 25 heavy (non-hydrogen) atoms. The van der Waals surface area contributed by atoms with E-state index in [4.69, 9.17) is 0 Å². The highest BCUT2D eigenvalue weighted by molar-refractivity contribution is 6.21. The number of imide groups is 1. The van der Waals surface area contributed by atoms with Crippen LogP contribution >= 0.6 is 0 Å². The third kappa shape index (κ3) is 4.77. The number of Topliss-reactive ketones (excluding diaryl/α,β-unsaturated/α-hetero) is 1. The molecule has 1 aliphatic rings. The number of hydrogen-bond acceptors (Lipinski definition) is 3. The van der Waals surface area contributed by atoms with Crippen molar-refractivity contribution in [2.24, 2.45) is 11.8 Å². The lowest BCUT2D eigenvalue weighted by Gasteiger charge is -2.21. The van der Waals surface area contributed by atoms with Gasteiger partial charge in [-0.3, -0.25) is 19.3 Å². The van der Waals surface area contributed by atoms with Crippen molar-refractivity contribution in [2.45, 2.75) is 65.2 Å². The second kappa shape index (κ2) is 9.50. The van der Waals surface area contributed by atoms with Crippen molar-refractivity contribution in [1.29, 1.82) is 0 Å². The van der Waals surface area contributed by atoms with Gasteiger partial charge in [-0.25, -0.2) is 0 Å². The van der Waals surface area contributed by atoms with Gasteiger partial charge in [-0.1, -0.05) is 57.7 Å². The van der Waals surface area contributed by atoms with E-state index in [-0.39, 0.29) is 29.9 Å². The molecule has 1 aromatic rings. The van der Waals surface area contributed by atoms with E-state index in [9.17, 15) is 14.4 Å². The number of rotatable bonds is 10. The summed E-state index contributed by atoms with van der Waals surface area (Å²) in [5.41, 5.74) is 0.604. The maximum Gasteiger partial charge on any atom is 0.238 e. The molecule has 2 atom stereocenters. The maximum atomic E-state index is 12.9. The van der Waals surface area contributed by atoms with Crippen LogP contribution in [0.5, 0.6) is 0 Å². The predicted octanol–water partition coefficient (Wildman–Crippen LogP) is 4.52. The van der Waals surface area contributed by atoms with Crippen LogP contribution in [-0.2, 0) is 14.4 Å². The third-order valence-corrected chi connectivity index (χ3v) is 4.99. The normalized spacial score (nSPS) is 18.6. The molecule has 4 nitrogen and oxygen atoms in total. The summed E-state index contributed by atoms with van der Waals surface area (Å²) in [6.07, 6.45) is 6.23. The van der Waals surface area contributed by atoms with Crippen LogP contribution in [0, 0.1) is 11.8 Å². The fourth-order valence-electron chi connectivity index (χ4n) is 3.56. The second-order valence-corrected chi connectivity index (χ2v) is 6.89. The van der Waals surface area contributed by atoms with Gasteiger partial charge in [0.2, 0.25) is 11.8 Å². The van der Waals surface area contributed by atoms with Crippen LogP contribution in [0.1, 0.15) is 65.2 Å². The molecule has 0 aliphatic carbocycles. The maximum absolute atomic E-state index is 12.9. The molecule has 0 radical (unpaired) electrons. The van der Waals surface area contributed by atoms with Crippen LogP contribution in [0.15, 0.2) is 30.3 Å². The smallest absolute Gasteiger partial charge is 0.238 e. The molecule has 2 unspecified atom stereocenters. The molecular weight excluding hydrogens is 314 g/mol. The molecule has 1 aromatic carbocycles. The van der Waals surface area contributed by atoms with Crippen molar-refractivity contribution in [3.63, 3.8) is 0 Å². The number of ketones is 1. The van der Waals surface area contributed by atoms with Crippen LogP contribution in [-0.4, -0.2) is 17.6 Å². The molecule has 4 heteroatoms. The first kappa shape index (κ1) is 19.4. The summed E-state index contributed by atoms with van der Waals surface area (Å²) >= 11 is 0. The Morgan fingerprint density at radius 3 is 2.40 bits per heavy atom. The Morgan fingerprint density at radius 1 is 1.08 bits per heavy atom. The van der Waals surface area contributed by atoms with E-state index in [1.54, 1.807) is 12.1 Å². The summed E-state index contributed by atoms with van der Waals surface area (Å²) in [6.45, 7) is 4.19. The van der Waals surface area contributed by atoms with Crippen molar-refractivity contribution in [1.82, 2.24) is 0 Å². The van der Waals surface area contributed by atoms with E-state index in [1.807, 2.05) is 18.2 Å². The monoisotopic (exact) mass is 343 g/mol. The molecule has 136 valence electrons. The van der Waals surface area contributed by atoms with Crippen molar-refractivity contribution in [3.05, 3.63) is 30.3 Å². The standard InChI is InChI=1S/C21H29NO3/c1-3-5-8-14-19(23)17(13-6-4-2)18-15-20(24)22(21(18)25)16-11-9-7-10-12-16/h7,9-12,17-18H,3-6,8,13-15H2,1-2H3. The number of anilines is 1. The molecular formula is C21H29NO3. The van der Waals surface area contributed by atoms with E-state index < -0.39 is 5.92 Å². The molecule has 1 heterocycles. The SMILES string of the molecule is CCCCCC(=O)C(CCCC)C1CC(=O)N(c2ccccc2)C1=O. The second-order valence-electron chi connectivity index (χ2n) is 6.89. The Morgan fingerprint density at radius 2 is 1.76 bits per heavy atom. The third-order valence-electron chi connectivity index (χ3n) is 4.99. The van der Waals surface area contributed by atoms with Gasteiger partial charge in [0.25, 0.3) is 0 Å². The summed E-state index contributed by atoms with van der Waals surface area (Å²) in [7, 11) is 0. The minimum absolute atomic E-state index is 0.154. The van der Waals surface area contributed by atoms with Crippen LogP contribution in [0.2, 0.25) is 0 Å². The first-order valence-corrected chi connectivity index (χ1v) is 9.54. The van der Waals surface area contributed by atoms with Crippen molar-refractivity contribution in [2.75, 3.05) is 4.90 Å². The Labute approximate surface area is 150 Å². The molecule has 0 spiro atoms. The number of unbranched alkanes of at least 4 members (excludes halogenated alkanes) is 3. The van der Waals surface area contributed by atoms with E-state index in [1.165, 1.54) is 4.90 Å². The van der Waals surface area contributed by atoms with Gasteiger partial charge in [0, 0.05) is 18.8 Å². The molecule has 0 saturated carbocycles. The van der Waals surface area contributed by atoms with Gasteiger partial charge in [-0.2, -0.15) is 0 Å². The largest absolute Gasteiger partial charge is 0.299 e. The minimum atomic E-state index is -0.492. The highest BCUT2D eigenvalue weighted by Gasteiger charge is 2.45. The molecule has 1 saturated heterocycles. The van der Waals surface area contributed by atoms with Crippen molar-refractivity contribution < 1.29 is 14.4 Å². The molecule has 2 rings (SSSR count). The lowest BCUT2D eigenvalue weighted by Crippen LogP contribution is -2.34. The number of hydrogen-bond donors (Lipinski definition) is 0. The minimum Gasteiger partial charge on any atom is -0.299 e. The lowest BCUT2D eigenvalue weighted by atomic mass is 9.82. The fourth-order valence-corrected chi connectivity index (χ4v) is 3.56. The van der Waals surface area contributed by atoms with E-state index in [2.05, 4.69) is 13.8 Å². The van der Waals surface area contributed by atoms with Crippen LogP contribution in [0.3, 0.4) is 0 Å². The highest BCUT2D eigenvalue weighted by atomic mass is 16.2. The number of para-hydroxylation sites is 1. The lowest BCUT2D eigenvalue weighted by molar-refractivity contribution is -0.131. The number of carbonyl (C=O) groups is 3. The van der Waals surface area contributed by atoms with Crippen molar-refractivity contribution in [3.8, 4) is 0 Å². The number of carbonyl (C=O) groups excluding carboxylic acids is 3. The predicted molar refractivity (Wildman–Crippen MR) is 99.2 cm³/mol. The molecule has 1 fully saturated rings. The van der Waals surface area contributed by atoms with Gasteiger partial charge in [0.15, 0.2) is 0 Å². The van der Waals surface area contributed by atoms with Crippen LogP contribution < -0.4 is 4.90 Å². The summed E-state index contributed by atoms with van der Waals surface area (Å²) in [5, 5.41) is 0. The Bertz CT molecular complexity index is 596. The van der Waals surface area contributed by atoms with E-state index in [0.717, 1.165) is 32.1 Å². The number of amides is 2. The first-order valence-electron chi connectivity index (χ1n) is 9.54. The zero-order valence-corrected chi connectivity index (χ0v) is 15.4. The number of benzene rings is 1. The molecule has 1 aliphatic heterocycles. The average Bonchev–Trinajstić information content (AvgIpc) is 2.90. The fraction of sp³-hybridized carbons (Fsp3) is 0.571. The Kier molecular flexibility index (Phi) is 7.35.